The van der Waals surface area contributed by atoms with Gasteiger partial charge in [-0.1, -0.05) is 0 Å². The predicted molar refractivity (Wildman–Crippen MR) is 46.9 cm³/mol. The van der Waals surface area contributed by atoms with E-state index >= 15 is 0 Å². The van der Waals surface area contributed by atoms with Crippen LogP contribution in [-0.4, -0.2) is 27.9 Å². The van der Waals surface area contributed by atoms with Crippen LogP contribution in [0.5, 0.6) is 0 Å². The van der Waals surface area contributed by atoms with Gasteiger partial charge in [0.25, 0.3) is 0 Å². The van der Waals surface area contributed by atoms with Crippen LogP contribution >= 0.6 is 27.2 Å². The predicted octanol–water partition coefficient (Wildman–Crippen LogP) is 1.25. The highest BCUT2D eigenvalue weighted by atomic mass is 35.5. The van der Waals surface area contributed by atoms with Crippen LogP contribution in [0, 0.1) is 0 Å². The van der Waals surface area contributed by atoms with Gasteiger partial charge in [0.2, 0.25) is 0 Å². The summed E-state index contributed by atoms with van der Waals surface area (Å²) in [6, 6.07) is 0. The average Bonchev–Trinajstić information content (AvgIpc) is 2.21. The van der Waals surface area contributed by atoms with Gasteiger partial charge in [-0.15, -0.1) is 11.6 Å². The first-order valence-electron chi connectivity index (χ1n) is 3.55. The summed E-state index contributed by atoms with van der Waals surface area (Å²) in [5, 5.41) is 0. The fraction of sp³-hybridized carbons (Fsp3) is 1.00. The summed E-state index contributed by atoms with van der Waals surface area (Å²) < 4.78 is 35.0. The van der Waals surface area contributed by atoms with Crippen LogP contribution in [-0.2, 0) is 22.5 Å². The van der Waals surface area contributed by atoms with Gasteiger partial charge in [-0.2, -0.15) is 4.31 Å². The second-order valence-electron chi connectivity index (χ2n) is 2.63. The standard InChI is InChI=1S/C4H9ClO7P2/c1-3-4(2-5)11-14(9,10-3)12-13(6,7)8/h3-4H,2H2,1H3,(H2,6,7,8). The summed E-state index contributed by atoms with van der Waals surface area (Å²) in [4.78, 5) is 16.8. The van der Waals surface area contributed by atoms with Crippen LogP contribution in [0.3, 0.4) is 0 Å². The van der Waals surface area contributed by atoms with Crippen molar-refractivity contribution in [1.29, 1.82) is 0 Å². The molecule has 1 fully saturated rings. The highest BCUT2D eigenvalue weighted by Gasteiger charge is 2.47. The molecule has 1 heterocycles. The maximum absolute atomic E-state index is 11.4. The van der Waals surface area contributed by atoms with Crippen molar-refractivity contribution in [2.24, 2.45) is 0 Å². The number of alkyl halides is 1. The van der Waals surface area contributed by atoms with Crippen molar-refractivity contribution in [3.05, 3.63) is 0 Å². The topological polar surface area (TPSA) is 102 Å². The Bertz CT molecular complexity index is 300. The van der Waals surface area contributed by atoms with Crippen molar-refractivity contribution in [3.8, 4) is 0 Å². The van der Waals surface area contributed by atoms with Crippen LogP contribution < -0.4 is 0 Å². The largest absolute Gasteiger partial charge is 0.484 e. The van der Waals surface area contributed by atoms with Gasteiger partial charge >= 0.3 is 15.6 Å². The summed E-state index contributed by atoms with van der Waals surface area (Å²) in [6.07, 6.45) is -1.33. The average molecular weight is 267 g/mol. The summed E-state index contributed by atoms with van der Waals surface area (Å²) in [5.41, 5.74) is 0. The molecular formula is C4H9ClO7P2. The lowest BCUT2D eigenvalue weighted by Gasteiger charge is -2.10. The molecule has 10 heteroatoms. The number of hydrogen-bond donors (Lipinski definition) is 2. The lowest BCUT2D eigenvalue weighted by Crippen LogP contribution is -2.20. The Labute approximate surface area is 85.2 Å². The molecule has 0 aromatic heterocycles. The summed E-state index contributed by atoms with van der Waals surface area (Å²) in [5.74, 6) is -0.00429. The van der Waals surface area contributed by atoms with Crippen LogP contribution in [0.4, 0.5) is 0 Å². The second-order valence-corrected chi connectivity index (χ2v) is 5.89. The summed E-state index contributed by atoms with van der Waals surface area (Å²) in [7, 11) is -9.07. The number of hydrogen-bond acceptors (Lipinski definition) is 5. The van der Waals surface area contributed by atoms with Gasteiger partial charge in [0.05, 0.1) is 12.0 Å². The zero-order valence-corrected chi connectivity index (χ0v) is 9.61. The Morgan fingerprint density at radius 2 is 2.14 bits per heavy atom. The third kappa shape index (κ3) is 3.29. The number of halogens is 1. The zero-order valence-electron chi connectivity index (χ0n) is 7.07. The molecule has 84 valence electrons. The van der Waals surface area contributed by atoms with Gasteiger partial charge in [-0.05, 0) is 6.92 Å². The first-order valence-corrected chi connectivity index (χ1v) is 7.08. The van der Waals surface area contributed by atoms with Crippen molar-refractivity contribution in [2.45, 2.75) is 19.1 Å². The van der Waals surface area contributed by atoms with Crippen molar-refractivity contribution in [1.82, 2.24) is 0 Å². The minimum atomic E-state index is -4.90. The lowest BCUT2D eigenvalue weighted by molar-refractivity contribution is 0.190. The van der Waals surface area contributed by atoms with E-state index in [1.807, 2.05) is 0 Å². The number of phosphoric ester groups is 1. The fourth-order valence-corrected chi connectivity index (χ4v) is 3.79. The van der Waals surface area contributed by atoms with Crippen LogP contribution in [0.2, 0.25) is 0 Å². The monoisotopic (exact) mass is 266 g/mol. The molecule has 0 spiro atoms. The van der Waals surface area contributed by atoms with Crippen molar-refractivity contribution in [2.75, 3.05) is 5.88 Å². The number of rotatable bonds is 3. The minimum absolute atomic E-state index is 0.00429. The molecule has 3 unspecified atom stereocenters. The fourth-order valence-electron chi connectivity index (χ4n) is 0.870. The minimum Gasteiger partial charge on any atom is -0.302 e. The molecule has 0 amide bonds. The SMILES string of the molecule is CC1OP(=O)(OP(=O)(O)O)OC1CCl. The molecule has 14 heavy (non-hydrogen) atoms. The Kier molecular flexibility index (Phi) is 3.78. The molecule has 0 aromatic rings. The van der Waals surface area contributed by atoms with E-state index in [1.165, 1.54) is 6.92 Å². The summed E-state index contributed by atoms with van der Waals surface area (Å²) >= 11 is 5.43. The van der Waals surface area contributed by atoms with Crippen molar-refractivity contribution in [3.63, 3.8) is 0 Å². The van der Waals surface area contributed by atoms with E-state index in [0.717, 1.165) is 0 Å². The van der Waals surface area contributed by atoms with Crippen LogP contribution in [0.25, 0.3) is 0 Å². The molecule has 0 aromatic carbocycles. The quantitative estimate of drug-likeness (QED) is 0.585. The van der Waals surface area contributed by atoms with E-state index in [1.54, 1.807) is 0 Å². The Hall–Kier alpha value is 0.550. The molecule has 2 N–H and O–H groups in total. The van der Waals surface area contributed by atoms with Gasteiger partial charge < -0.3 is 9.79 Å². The van der Waals surface area contributed by atoms with E-state index in [-0.39, 0.29) is 5.88 Å². The maximum atomic E-state index is 11.4. The lowest BCUT2D eigenvalue weighted by atomic mass is 10.3. The molecule has 3 atom stereocenters. The van der Waals surface area contributed by atoms with E-state index in [4.69, 9.17) is 21.4 Å². The van der Waals surface area contributed by atoms with Gasteiger partial charge in [-0.3, -0.25) is 9.05 Å². The second kappa shape index (κ2) is 4.20. The first kappa shape index (κ1) is 12.6. The maximum Gasteiger partial charge on any atom is 0.484 e. The van der Waals surface area contributed by atoms with Crippen molar-refractivity contribution < 1.29 is 32.3 Å². The molecule has 7 nitrogen and oxygen atoms in total. The van der Waals surface area contributed by atoms with Crippen LogP contribution in [0.1, 0.15) is 6.92 Å². The molecule has 0 saturated carbocycles. The molecule has 0 aliphatic carbocycles. The third-order valence-electron chi connectivity index (χ3n) is 1.44. The molecule has 1 rings (SSSR count). The number of phosphoric acid groups is 2. The molecule has 1 aliphatic heterocycles. The van der Waals surface area contributed by atoms with Gasteiger partial charge in [0.1, 0.15) is 6.10 Å². The normalized spacial score (nSPS) is 38.9. The van der Waals surface area contributed by atoms with Gasteiger partial charge in [0.15, 0.2) is 0 Å². The Morgan fingerprint density at radius 1 is 1.57 bits per heavy atom. The highest BCUT2D eigenvalue weighted by Crippen LogP contribution is 2.65. The van der Waals surface area contributed by atoms with Crippen molar-refractivity contribution >= 4 is 27.2 Å². The molecule has 0 bridgehead atoms. The van der Waals surface area contributed by atoms with Gasteiger partial charge in [0, 0.05) is 0 Å². The Morgan fingerprint density at radius 3 is 2.50 bits per heavy atom. The zero-order chi connectivity index (χ0) is 11.0. The summed E-state index contributed by atoms with van der Waals surface area (Å²) in [6.45, 7) is 1.51. The molecule has 1 saturated heterocycles. The Balaban J connectivity index is 2.71. The van der Waals surface area contributed by atoms with Gasteiger partial charge in [-0.25, -0.2) is 9.13 Å². The van der Waals surface area contributed by atoms with E-state index in [2.05, 4.69) is 13.4 Å². The van der Waals surface area contributed by atoms with E-state index < -0.39 is 27.9 Å². The van der Waals surface area contributed by atoms with E-state index in [9.17, 15) is 9.13 Å². The highest BCUT2D eigenvalue weighted by molar-refractivity contribution is 7.61. The molecule has 0 radical (unpaired) electrons. The van der Waals surface area contributed by atoms with E-state index in [0.29, 0.717) is 0 Å². The third-order valence-corrected chi connectivity index (χ3v) is 4.52. The van der Waals surface area contributed by atoms with Crippen LogP contribution in [0.15, 0.2) is 0 Å². The molecular weight excluding hydrogens is 257 g/mol. The smallest absolute Gasteiger partial charge is 0.302 e. The first-order chi connectivity index (χ1) is 6.26. The molecule has 1 aliphatic rings.